The fourth-order valence-corrected chi connectivity index (χ4v) is 9.73. The second-order valence-electron chi connectivity index (χ2n) is 11.9. The Morgan fingerprint density at radius 3 is 1.55 bits per heavy atom. The lowest BCUT2D eigenvalue weighted by Gasteiger charge is -2.43. The molecule has 0 spiro atoms. The van der Waals surface area contributed by atoms with E-state index in [0.29, 0.717) is 24.0 Å². The van der Waals surface area contributed by atoms with Crippen molar-refractivity contribution < 1.29 is 32.3 Å². The monoisotopic (exact) mass is 614 g/mol. The Labute approximate surface area is 259 Å². The molecule has 0 radical (unpaired) electrons. The molecule has 0 aliphatic heterocycles. The number of fused-ring (bicyclic) bond motifs is 2. The van der Waals surface area contributed by atoms with Crippen LogP contribution < -0.4 is 0 Å². The van der Waals surface area contributed by atoms with E-state index in [0.717, 1.165) is 11.1 Å². The van der Waals surface area contributed by atoms with Crippen molar-refractivity contribution in [2.75, 3.05) is 0 Å². The van der Waals surface area contributed by atoms with Gasteiger partial charge in [-0.1, -0.05) is 92.7 Å². The number of allylic oxidation sites excluding steroid dienone is 2. The van der Waals surface area contributed by atoms with E-state index in [1.807, 2.05) is 74.5 Å². The van der Waals surface area contributed by atoms with Gasteiger partial charge in [-0.05, 0) is 61.1 Å². The summed E-state index contributed by atoms with van der Waals surface area (Å²) in [6.45, 7) is 7.02. The topological polar surface area (TPSA) is 104 Å². The van der Waals surface area contributed by atoms with Crippen molar-refractivity contribution >= 4 is 38.7 Å². The number of carbonyl (C=O) groups excluding carboxylic acids is 3. The van der Waals surface area contributed by atoms with Gasteiger partial charge in [0, 0.05) is 12.8 Å². The summed E-state index contributed by atoms with van der Waals surface area (Å²) in [6.07, 6.45) is -0.562. The Morgan fingerprint density at radius 2 is 1.11 bits per heavy atom. The minimum absolute atomic E-state index is 0.0346. The number of esters is 2. The minimum atomic E-state index is -4.27. The van der Waals surface area contributed by atoms with Crippen LogP contribution in [0.5, 0.6) is 0 Å². The molecule has 1 saturated carbocycles. The van der Waals surface area contributed by atoms with E-state index in [1.54, 1.807) is 32.0 Å². The molecule has 3 aromatic rings. The van der Waals surface area contributed by atoms with Gasteiger partial charge in [-0.2, -0.15) is 0 Å². The number of hydrogen-bond donors (Lipinski definition) is 0. The Morgan fingerprint density at radius 1 is 0.705 bits per heavy atom. The number of hydrogen-bond acceptors (Lipinski definition) is 7. The molecule has 0 heterocycles. The van der Waals surface area contributed by atoms with Crippen molar-refractivity contribution in [2.45, 2.75) is 69.8 Å². The quantitative estimate of drug-likeness (QED) is 0.175. The van der Waals surface area contributed by atoms with E-state index in [4.69, 9.17) is 9.47 Å². The first-order valence-corrected chi connectivity index (χ1v) is 16.7. The molecular weight excluding hydrogens is 576 g/mol. The summed E-state index contributed by atoms with van der Waals surface area (Å²) in [7, 11) is -4.27. The lowest BCUT2D eigenvalue weighted by molar-refractivity contribution is -0.202. The molecule has 44 heavy (non-hydrogen) atoms. The van der Waals surface area contributed by atoms with Crippen LogP contribution in [-0.2, 0) is 33.7 Å². The van der Waals surface area contributed by atoms with E-state index < -0.39 is 50.1 Å². The van der Waals surface area contributed by atoms with Gasteiger partial charge in [0.15, 0.2) is 15.6 Å². The third kappa shape index (κ3) is 4.99. The molecule has 2 aliphatic rings. The molecule has 0 unspecified atom stereocenters. The molecule has 0 aromatic heterocycles. The molecule has 0 saturated heterocycles. The van der Waals surface area contributed by atoms with Gasteiger partial charge in [0.25, 0.3) is 6.29 Å². The first-order valence-electron chi connectivity index (χ1n) is 15.1. The highest BCUT2D eigenvalue weighted by Crippen LogP contribution is 2.72. The van der Waals surface area contributed by atoms with Crippen molar-refractivity contribution in [3.05, 3.63) is 102 Å². The van der Waals surface area contributed by atoms with Crippen LogP contribution in [0.15, 0.2) is 95.9 Å². The second-order valence-corrected chi connectivity index (χ2v) is 13.9. The van der Waals surface area contributed by atoms with E-state index in [9.17, 15) is 18.0 Å². The molecule has 1 fully saturated rings. The van der Waals surface area contributed by atoms with E-state index in [2.05, 4.69) is 0 Å². The Hall–Kier alpha value is -4.04. The van der Waals surface area contributed by atoms with Crippen LogP contribution >= 0.6 is 0 Å². The summed E-state index contributed by atoms with van der Waals surface area (Å²) >= 11 is 0. The molecule has 230 valence electrons. The summed E-state index contributed by atoms with van der Waals surface area (Å²) in [5.74, 6) is -2.81. The maximum absolute atomic E-state index is 15.0. The SMILES string of the molecule is CCCC(=O)OC(OC(=O)CCC)[C@@H]1[C@H](S(=O)(=O)c2ccccc2)[C@]2(C)C(=O)[C@]1(C)C(c1ccccc1)=C2c1ccccc1. The first kappa shape index (κ1) is 31.4. The van der Waals surface area contributed by atoms with Crippen molar-refractivity contribution in [3.63, 3.8) is 0 Å². The number of rotatable bonds is 11. The van der Waals surface area contributed by atoms with Gasteiger partial charge < -0.3 is 9.47 Å². The zero-order valence-electron chi connectivity index (χ0n) is 25.5. The third-order valence-corrected chi connectivity index (χ3v) is 11.4. The molecule has 0 N–H and O–H groups in total. The highest BCUT2D eigenvalue weighted by atomic mass is 32.2. The zero-order chi connectivity index (χ0) is 31.7. The molecule has 5 rings (SSSR count). The summed E-state index contributed by atoms with van der Waals surface area (Å²) in [6, 6.07) is 26.7. The number of ether oxygens (including phenoxy) is 2. The van der Waals surface area contributed by atoms with Crippen molar-refractivity contribution in [1.82, 2.24) is 0 Å². The van der Waals surface area contributed by atoms with E-state index in [-0.39, 0.29) is 23.5 Å². The lowest BCUT2D eigenvalue weighted by atomic mass is 9.67. The standard InChI is InChI=1S/C36H38O7S/c1-5-16-27(37)42-33(43-28(38)17-6-2)31-32(44(40,41)26-22-14-9-15-23-26)36(4)30(25-20-12-8-13-21-25)29(35(31,3)34(36)39)24-18-10-7-11-19-24/h7-15,18-23,31-33H,5-6,16-17H2,1-4H3/t31-,32-,35+,36+/m0/s1. The van der Waals surface area contributed by atoms with E-state index >= 15 is 4.79 Å². The highest BCUT2D eigenvalue weighted by molar-refractivity contribution is 7.92. The Kier molecular flexibility index (Phi) is 8.67. The van der Waals surface area contributed by atoms with Gasteiger partial charge >= 0.3 is 11.9 Å². The predicted molar refractivity (Wildman–Crippen MR) is 168 cm³/mol. The summed E-state index contributed by atoms with van der Waals surface area (Å²) in [4.78, 5) is 41.1. The van der Waals surface area contributed by atoms with Crippen LogP contribution in [0.4, 0.5) is 0 Å². The average molecular weight is 615 g/mol. The summed E-state index contributed by atoms with van der Waals surface area (Å²) in [5.41, 5.74) is -0.365. The van der Waals surface area contributed by atoms with Crippen molar-refractivity contribution in [2.24, 2.45) is 16.7 Å². The maximum Gasteiger partial charge on any atom is 0.308 e. The number of sulfone groups is 1. The maximum atomic E-state index is 15.0. The molecular formula is C36H38O7S. The van der Waals surface area contributed by atoms with Gasteiger partial charge in [0.2, 0.25) is 0 Å². The first-order chi connectivity index (χ1) is 21.0. The highest BCUT2D eigenvalue weighted by Gasteiger charge is 2.77. The zero-order valence-corrected chi connectivity index (χ0v) is 26.3. The van der Waals surface area contributed by atoms with Gasteiger partial charge in [-0.3, -0.25) is 14.4 Å². The van der Waals surface area contributed by atoms with Crippen molar-refractivity contribution in [1.29, 1.82) is 0 Å². The number of benzene rings is 3. The second kappa shape index (κ2) is 12.2. The Balaban J connectivity index is 1.86. The number of Topliss-reactive ketones (excluding diaryl/α,β-unsaturated/α-hetero) is 1. The average Bonchev–Trinajstić information content (AvgIpc) is 3.31. The van der Waals surface area contributed by atoms with Gasteiger partial charge in [0.1, 0.15) is 0 Å². The van der Waals surface area contributed by atoms with Crippen LogP contribution in [-0.4, -0.2) is 37.7 Å². The third-order valence-electron chi connectivity index (χ3n) is 9.02. The van der Waals surface area contributed by atoms with Crippen molar-refractivity contribution in [3.8, 4) is 0 Å². The van der Waals surface area contributed by atoms with Crippen LogP contribution in [0.1, 0.15) is 64.5 Å². The van der Waals surface area contributed by atoms with Gasteiger partial charge in [-0.15, -0.1) is 0 Å². The summed E-state index contributed by atoms with van der Waals surface area (Å²) < 4.78 is 41.4. The molecule has 4 atom stereocenters. The largest absolute Gasteiger partial charge is 0.425 e. The van der Waals surface area contributed by atoms with Crippen LogP contribution in [0, 0.1) is 16.7 Å². The minimum Gasteiger partial charge on any atom is -0.425 e. The molecule has 2 aliphatic carbocycles. The normalized spacial score (nSPS) is 24.5. The van der Waals surface area contributed by atoms with E-state index in [1.165, 1.54) is 12.1 Å². The van der Waals surface area contributed by atoms with Crippen LogP contribution in [0.2, 0.25) is 0 Å². The van der Waals surface area contributed by atoms with Gasteiger partial charge in [0.05, 0.1) is 26.9 Å². The molecule has 8 heteroatoms. The molecule has 0 amide bonds. The smallest absolute Gasteiger partial charge is 0.308 e. The molecule has 7 nitrogen and oxygen atoms in total. The lowest BCUT2D eigenvalue weighted by Crippen LogP contribution is -2.51. The number of ketones is 1. The fraction of sp³-hybridized carbons (Fsp3) is 0.361. The van der Waals surface area contributed by atoms with Crippen LogP contribution in [0.3, 0.4) is 0 Å². The molecule has 3 aromatic carbocycles. The summed E-state index contributed by atoms with van der Waals surface area (Å²) in [5, 5.41) is -1.41. The van der Waals surface area contributed by atoms with Gasteiger partial charge in [-0.25, -0.2) is 8.42 Å². The van der Waals surface area contributed by atoms with Crippen LogP contribution in [0.25, 0.3) is 11.1 Å². The predicted octanol–water partition coefficient (Wildman–Crippen LogP) is 6.68. The Bertz CT molecular complexity index is 1660. The fourth-order valence-electron chi connectivity index (χ4n) is 7.27. The number of carbonyl (C=O) groups is 3. The molecule has 2 bridgehead atoms.